The van der Waals surface area contributed by atoms with E-state index in [1.165, 1.54) is 16.4 Å². The zero-order valence-electron chi connectivity index (χ0n) is 18.5. The van der Waals surface area contributed by atoms with E-state index in [1.54, 1.807) is 24.8 Å². The van der Waals surface area contributed by atoms with Gasteiger partial charge in [-0.3, -0.25) is 4.79 Å². The van der Waals surface area contributed by atoms with Gasteiger partial charge in [0.1, 0.15) is 5.75 Å². The molecule has 174 valence electrons. The zero-order chi connectivity index (χ0) is 23.4. The highest BCUT2D eigenvalue weighted by Crippen LogP contribution is 2.21. The van der Waals surface area contributed by atoms with Gasteiger partial charge in [0.25, 0.3) is 5.91 Å². The van der Waals surface area contributed by atoms with Gasteiger partial charge >= 0.3 is 0 Å². The van der Waals surface area contributed by atoms with E-state index in [4.69, 9.17) is 9.47 Å². The van der Waals surface area contributed by atoms with Crippen molar-refractivity contribution in [1.82, 2.24) is 19.4 Å². The molecule has 9 nitrogen and oxygen atoms in total. The molecule has 1 aliphatic heterocycles. The zero-order valence-corrected chi connectivity index (χ0v) is 19.3. The molecule has 1 amide bonds. The average Bonchev–Trinajstić information content (AvgIpc) is 3.32. The van der Waals surface area contributed by atoms with Crippen LogP contribution in [0.2, 0.25) is 0 Å². The first-order valence-electron chi connectivity index (χ1n) is 10.5. The lowest BCUT2D eigenvalue weighted by atomic mass is 10.1. The third kappa shape index (κ3) is 5.08. The summed E-state index contributed by atoms with van der Waals surface area (Å²) in [7, 11) is -2.08. The molecule has 2 aromatic carbocycles. The number of nitrogens with one attached hydrogen (secondary N) is 1. The molecule has 3 aromatic rings. The van der Waals surface area contributed by atoms with Crippen LogP contribution in [0.15, 0.2) is 59.6 Å². The maximum absolute atomic E-state index is 12.9. The lowest BCUT2D eigenvalue weighted by molar-refractivity contribution is 0.0730. The molecule has 0 saturated carbocycles. The van der Waals surface area contributed by atoms with Crippen LogP contribution in [0.3, 0.4) is 0 Å². The molecular formula is C23H26N4O5S. The van der Waals surface area contributed by atoms with Gasteiger partial charge in [-0.25, -0.2) is 13.1 Å². The normalized spacial score (nSPS) is 14.7. The highest BCUT2D eigenvalue weighted by Gasteiger charge is 2.27. The van der Waals surface area contributed by atoms with Crippen LogP contribution in [-0.2, 0) is 21.3 Å². The number of aromatic nitrogens is 2. The van der Waals surface area contributed by atoms with Gasteiger partial charge in [-0.2, -0.15) is 9.40 Å². The smallest absolute Gasteiger partial charge is 0.251 e. The number of sulfonamides is 1. The summed E-state index contributed by atoms with van der Waals surface area (Å²) in [5, 5.41) is 7.32. The molecular weight excluding hydrogens is 444 g/mol. The van der Waals surface area contributed by atoms with Crippen molar-refractivity contribution in [2.45, 2.75) is 18.4 Å². The predicted octanol–water partition coefficient (Wildman–Crippen LogP) is 2.14. The number of rotatable bonds is 7. The second-order valence-electron chi connectivity index (χ2n) is 7.63. The van der Waals surface area contributed by atoms with E-state index in [2.05, 4.69) is 10.4 Å². The van der Waals surface area contributed by atoms with Crippen molar-refractivity contribution in [1.29, 1.82) is 0 Å². The van der Waals surface area contributed by atoms with Crippen molar-refractivity contribution in [3.05, 3.63) is 71.5 Å². The number of aryl methyl sites for hydroxylation is 1. The minimum Gasteiger partial charge on any atom is -0.497 e. The summed E-state index contributed by atoms with van der Waals surface area (Å²) in [5.41, 5.74) is 2.55. The van der Waals surface area contributed by atoms with Crippen LogP contribution < -0.4 is 10.1 Å². The fraction of sp³-hybridized carbons (Fsp3) is 0.304. The van der Waals surface area contributed by atoms with Crippen molar-refractivity contribution in [3.8, 4) is 11.4 Å². The molecule has 1 aromatic heterocycles. The summed E-state index contributed by atoms with van der Waals surface area (Å²) >= 11 is 0. The van der Waals surface area contributed by atoms with Crippen molar-refractivity contribution >= 4 is 15.9 Å². The van der Waals surface area contributed by atoms with Crippen molar-refractivity contribution in [3.63, 3.8) is 0 Å². The molecule has 1 N–H and O–H groups in total. The third-order valence-electron chi connectivity index (χ3n) is 5.47. The summed E-state index contributed by atoms with van der Waals surface area (Å²) in [4.78, 5) is 13.0. The number of amides is 1. The number of ether oxygens (including phenoxy) is 2. The first-order chi connectivity index (χ1) is 15.9. The second-order valence-corrected chi connectivity index (χ2v) is 9.56. The number of methoxy groups -OCH3 is 1. The number of nitrogens with zero attached hydrogens (tertiary/aromatic N) is 3. The lowest BCUT2D eigenvalue weighted by Crippen LogP contribution is -2.40. The maximum Gasteiger partial charge on any atom is 0.251 e. The fourth-order valence-corrected chi connectivity index (χ4v) is 4.98. The van der Waals surface area contributed by atoms with Gasteiger partial charge in [0.2, 0.25) is 10.0 Å². The Morgan fingerprint density at radius 3 is 2.55 bits per heavy atom. The summed E-state index contributed by atoms with van der Waals surface area (Å²) in [5.74, 6) is 0.400. The average molecular weight is 471 g/mol. The number of carbonyl (C=O) groups is 1. The van der Waals surface area contributed by atoms with Gasteiger partial charge in [0.05, 0.1) is 43.1 Å². The number of benzene rings is 2. The molecule has 0 spiro atoms. The molecule has 0 atom stereocenters. The molecule has 0 aliphatic carbocycles. The molecule has 1 aliphatic rings. The largest absolute Gasteiger partial charge is 0.497 e. The first-order valence-corrected chi connectivity index (χ1v) is 12.0. The van der Waals surface area contributed by atoms with Crippen molar-refractivity contribution in [2.24, 2.45) is 0 Å². The third-order valence-corrected chi connectivity index (χ3v) is 7.37. The van der Waals surface area contributed by atoms with Crippen molar-refractivity contribution < 1.29 is 22.7 Å². The van der Waals surface area contributed by atoms with Gasteiger partial charge in [-0.05, 0) is 55.0 Å². The van der Waals surface area contributed by atoms with Gasteiger partial charge in [-0.1, -0.05) is 6.07 Å². The maximum atomic E-state index is 12.9. The van der Waals surface area contributed by atoms with Gasteiger partial charge in [-0.15, -0.1) is 0 Å². The van der Waals surface area contributed by atoms with Crippen LogP contribution in [0.1, 0.15) is 21.6 Å². The van der Waals surface area contributed by atoms with E-state index in [-0.39, 0.29) is 17.3 Å². The fourth-order valence-electron chi connectivity index (χ4n) is 3.54. The number of hydrogen-bond donors (Lipinski definition) is 1. The molecule has 33 heavy (non-hydrogen) atoms. The SMILES string of the molecule is COc1ccc(-n2ccc(CNC(=O)c3cc(S(=O)(=O)N4CCOCC4)ccc3C)n2)cc1. The molecule has 1 saturated heterocycles. The van der Waals surface area contributed by atoms with E-state index in [1.807, 2.05) is 36.5 Å². The van der Waals surface area contributed by atoms with Crippen molar-refractivity contribution in [2.75, 3.05) is 33.4 Å². The van der Waals surface area contributed by atoms with Crippen LogP contribution in [0.25, 0.3) is 5.69 Å². The van der Waals surface area contributed by atoms with E-state index < -0.39 is 10.0 Å². The Morgan fingerprint density at radius 2 is 1.85 bits per heavy atom. The lowest BCUT2D eigenvalue weighted by Gasteiger charge is -2.26. The summed E-state index contributed by atoms with van der Waals surface area (Å²) < 4.78 is 39.4. The van der Waals surface area contributed by atoms with E-state index in [0.717, 1.165) is 11.4 Å². The van der Waals surface area contributed by atoms with E-state index in [0.29, 0.717) is 43.1 Å². The molecule has 1 fully saturated rings. The monoisotopic (exact) mass is 470 g/mol. The van der Waals surface area contributed by atoms with Crippen LogP contribution >= 0.6 is 0 Å². The van der Waals surface area contributed by atoms with Gasteiger partial charge in [0, 0.05) is 24.8 Å². The quantitative estimate of drug-likeness (QED) is 0.568. The van der Waals surface area contributed by atoms with Crippen LogP contribution in [0.5, 0.6) is 5.75 Å². The van der Waals surface area contributed by atoms with Crippen LogP contribution in [0.4, 0.5) is 0 Å². The predicted molar refractivity (Wildman–Crippen MR) is 122 cm³/mol. The number of hydrogen-bond acceptors (Lipinski definition) is 6. The minimum absolute atomic E-state index is 0.101. The topological polar surface area (TPSA) is 103 Å². The number of carbonyl (C=O) groups excluding carboxylic acids is 1. The molecule has 0 radical (unpaired) electrons. The Kier molecular flexibility index (Phi) is 6.77. The first kappa shape index (κ1) is 23.0. The summed E-state index contributed by atoms with van der Waals surface area (Å²) in [6.45, 7) is 3.31. The van der Waals surface area contributed by atoms with Crippen LogP contribution in [-0.4, -0.2) is 61.8 Å². The van der Waals surface area contributed by atoms with E-state index >= 15 is 0 Å². The summed E-state index contributed by atoms with van der Waals surface area (Å²) in [6, 6.07) is 13.9. The second kappa shape index (κ2) is 9.74. The minimum atomic E-state index is -3.69. The summed E-state index contributed by atoms with van der Waals surface area (Å²) in [6.07, 6.45) is 1.81. The van der Waals surface area contributed by atoms with Gasteiger partial charge in [0.15, 0.2) is 0 Å². The molecule has 0 unspecified atom stereocenters. The molecule has 10 heteroatoms. The standard InChI is InChI=1S/C23H26N4O5S/c1-17-3-8-21(33(29,30)26-11-13-32-14-12-26)15-22(17)23(28)24-16-18-9-10-27(25-18)19-4-6-20(31-2)7-5-19/h3-10,15H,11-14,16H2,1-2H3,(H,24,28). The molecule has 0 bridgehead atoms. The Hall–Kier alpha value is -3.21. The van der Waals surface area contributed by atoms with Crippen LogP contribution in [0, 0.1) is 6.92 Å². The highest BCUT2D eigenvalue weighted by atomic mass is 32.2. The Labute approximate surface area is 193 Å². The Balaban J connectivity index is 1.45. The Bertz CT molecular complexity index is 1230. The number of morpholine rings is 1. The van der Waals surface area contributed by atoms with Gasteiger partial charge < -0.3 is 14.8 Å². The highest BCUT2D eigenvalue weighted by molar-refractivity contribution is 7.89. The molecule has 2 heterocycles. The van der Waals surface area contributed by atoms with E-state index in [9.17, 15) is 13.2 Å². The Morgan fingerprint density at radius 1 is 1.12 bits per heavy atom. The molecule has 4 rings (SSSR count).